The quantitative estimate of drug-likeness (QED) is 0.365. The number of fused-ring (bicyclic) bond motifs is 1. The Morgan fingerprint density at radius 1 is 1.12 bits per heavy atom. The van der Waals surface area contributed by atoms with Crippen LogP contribution in [0.15, 0.2) is 72.0 Å². The van der Waals surface area contributed by atoms with Crippen molar-refractivity contribution >= 4 is 28.8 Å². The highest BCUT2D eigenvalue weighted by molar-refractivity contribution is 7.98. The Kier molecular flexibility index (Phi) is 6.85. The molecule has 2 aromatic carbocycles. The van der Waals surface area contributed by atoms with E-state index in [1.165, 1.54) is 6.07 Å². The normalized spacial score (nSPS) is 12.1. The van der Waals surface area contributed by atoms with Gasteiger partial charge in [-0.15, -0.1) is 0 Å². The summed E-state index contributed by atoms with van der Waals surface area (Å²) in [6.07, 6.45) is 2.64. The zero-order chi connectivity index (χ0) is 22.5. The minimum atomic E-state index is -0.240. The Morgan fingerprint density at radius 2 is 1.94 bits per heavy atom. The topological polar surface area (TPSA) is 59.8 Å². The molecule has 0 aliphatic carbocycles. The fraction of sp³-hybridized carbons (Fsp3) is 0.240. The summed E-state index contributed by atoms with van der Waals surface area (Å²) < 4.78 is 15.6. The van der Waals surface area contributed by atoms with Crippen LogP contribution in [-0.4, -0.2) is 26.5 Å². The maximum absolute atomic E-state index is 13.5. The van der Waals surface area contributed by atoms with E-state index in [1.54, 1.807) is 30.1 Å². The van der Waals surface area contributed by atoms with Crippen LogP contribution in [0.1, 0.15) is 41.8 Å². The van der Waals surface area contributed by atoms with Gasteiger partial charge in [-0.25, -0.2) is 14.4 Å². The summed E-state index contributed by atoms with van der Waals surface area (Å²) in [4.78, 5) is 21.6. The van der Waals surface area contributed by atoms with Crippen LogP contribution >= 0.6 is 11.8 Å². The number of imidazole rings is 1. The summed E-state index contributed by atoms with van der Waals surface area (Å²) in [5.41, 5.74) is 4.20. The first-order chi connectivity index (χ1) is 15.5. The highest BCUT2D eigenvalue weighted by atomic mass is 32.2. The molecule has 1 amide bonds. The first-order valence-electron chi connectivity index (χ1n) is 10.6. The maximum Gasteiger partial charge on any atom is 0.251 e. The fourth-order valence-corrected chi connectivity index (χ4v) is 4.26. The lowest BCUT2D eigenvalue weighted by molar-refractivity contribution is 0.0939. The van der Waals surface area contributed by atoms with Crippen molar-refractivity contribution in [3.8, 4) is 0 Å². The van der Waals surface area contributed by atoms with E-state index in [2.05, 4.69) is 14.9 Å². The SMILES string of the molecule is CC[C@H](C)NC(=O)c1ccc(Cn2c(SCc3cccc(F)c3)nc3cccnc32)cc1. The highest BCUT2D eigenvalue weighted by Gasteiger charge is 2.14. The van der Waals surface area contributed by atoms with E-state index in [1.807, 2.05) is 56.3 Å². The zero-order valence-electron chi connectivity index (χ0n) is 18.1. The summed E-state index contributed by atoms with van der Waals surface area (Å²) in [5, 5.41) is 3.81. The second-order valence-electron chi connectivity index (χ2n) is 7.72. The molecule has 2 heterocycles. The molecule has 0 fully saturated rings. The third kappa shape index (κ3) is 5.16. The molecule has 0 bridgehead atoms. The molecule has 0 saturated carbocycles. The van der Waals surface area contributed by atoms with Gasteiger partial charge in [0.1, 0.15) is 11.3 Å². The van der Waals surface area contributed by atoms with E-state index in [-0.39, 0.29) is 17.8 Å². The molecule has 5 nitrogen and oxygen atoms in total. The Hall–Kier alpha value is -3.19. The number of thioether (sulfide) groups is 1. The summed E-state index contributed by atoms with van der Waals surface area (Å²) in [6, 6.07) is 18.2. The van der Waals surface area contributed by atoms with Crippen LogP contribution in [0.25, 0.3) is 11.2 Å². The van der Waals surface area contributed by atoms with Crippen LogP contribution in [0.5, 0.6) is 0 Å². The van der Waals surface area contributed by atoms with Gasteiger partial charge in [-0.05, 0) is 60.9 Å². The van der Waals surface area contributed by atoms with E-state index < -0.39 is 0 Å². The molecule has 164 valence electrons. The molecule has 4 aromatic rings. The summed E-state index contributed by atoms with van der Waals surface area (Å²) in [6.45, 7) is 4.61. The van der Waals surface area contributed by atoms with E-state index in [4.69, 9.17) is 4.98 Å². The number of amides is 1. The summed E-state index contributed by atoms with van der Waals surface area (Å²) in [5.74, 6) is 0.304. The molecule has 1 N–H and O–H groups in total. The number of carbonyl (C=O) groups excluding carboxylic acids is 1. The number of aromatic nitrogens is 3. The van der Waals surface area contributed by atoms with E-state index in [0.29, 0.717) is 17.9 Å². The molecule has 7 heteroatoms. The molecule has 4 rings (SSSR count). The standard InChI is InChI=1S/C25H25FN4OS/c1-3-17(2)28-24(31)20-11-9-18(10-12-20)15-30-23-22(8-5-13-27-23)29-25(30)32-16-19-6-4-7-21(26)14-19/h4-14,17H,3,15-16H2,1-2H3,(H,28,31)/t17-/m0/s1. The van der Waals surface area contributed by atoms with Crippen LogP contribution < -0.4 is 5.32 Å². The number of rotatable bonds is 8. The summed E-state index contributed by atoms with van der Waals surface area (Å²) in [7, 11) is 0. The van der Waals surface area contributed by atoms with Gasteiger partial charge in [0.15, 0.2) is 10.8 Å². The van der Waals surface area contributed by atoms with Gasteiger partial charge in [0.05, 0.1) is 6.54 Å². The Morgan fingerprint density at radius 3 is 2.69 bits per heavy atom. The zero-order valence-corrected chi connectivity index (χ0v) is 18.9. The van der Waals surface area contributed by atoms with Crippen LogP contribution in [0.2, 0.25) is 0 Å². The van der Waals surface area contributed by atoms with E-state index in [0.717, 1.165) is 33.9 Å². The highest BCUT2D eigenvalue weighted by Crippen LogP contribution is 2.27. The fourth-order valence-electron chi connectivity index (χ4n) is 3.32. The van der Waals surface area contributed by atoms with Gasteiger partial charge in [-0.3, -0.25) is 9.36 Å². The first kappa shape index (κ1) is 22.0. The molecular weight excluding hydrogens is 423 g/mol. The molecule has 1 atom stereocenters. The van der Waals surface area contributed by atoms with Crippen molar-refractivity contribution in [1.82, 2.24) is 19.9 Å². The van der Waals surface area contributed by atoms with Crippen molar-refractivity contribution in [1.29, 1.82) is 0 Å². The smallest absolute Gasteiger partial charge is 0.251 e. The van der Waals surface area contributed by atoms with Gasteiger partial charge >= 0.3 is 0 Å². The number of benzene rings is 2. The first-order valence-corrected chi connectivity index (χ1v) is 11.6. The molecule has 0 saturated heterocycles. The Bertz CT molecular complexity index is 1220. The molecule has 0 aliphatic rings. The van der Waals surface area contributed by atoms with Crippen LogP contribution in [-0.2, 0) is 12.3 Å². The van der Waals surface area contributed by atoms with Crippen molar-refractivity contribution < 1.29 is 9.18 Å². The number of hydrogen-bond acceptors (Lipinski definition) is 4. The van der Waals surface area contributed by atoms with Gasteiger partial charge < -0.3 is 5.32 Å². The molecular formula is C25H25FN4OS. The minimum absolute atomic E-state index is 0.0630. The van der Waals surface area contributed by atoms with Crippen molar-refractivity contribution in [3.63, 3.8) is 0 Å². The average Bonchev–Trinajstić information content (AvgIpc) is 3.15. The average molecular weight is 449 g/mol. The third-order valence-corrected chi connectivity index (χ3v) is 6.32. The third-order valence-electron chi connectivity index (χ3n) is 5.27. The Balaban J connectivity index is 1.55. The van der Waals surface area contributed by atoms with Gasteiger partial charge in [-0.1, -0.05) is 43.0 Å². The number of halogens is 1. The molecule has 0 unspecified atom stereocenters. The Labute approximate surface area is 191 Å². The number of carbonyl (C=O) groups is 1. The number of pyridine rings is 1. The van der Waals surface area contributed by atoms with Crippen molar-refractivity contribution in [3.05, 3.63) is 89.4 Å². The maximum atomic E-state index is 13.5. The molecule has 0 aliphatic heterocycles. The molecule has 32 heavy (non-hydrogen) atoms. The van der Waals surface area contributed by atoms with Crippen molar-refractivity contribution in [2.45, 2.75) is 43.8 Å². The van der Waals surface area contributed by atoms with Gasteiger partial charge in [-0.2, -0.15) is 0 Å². The second-order valence-corrected chi connectivity index (χ2v) is 8.67. The number of hydrogen-bond donors (Lipinski definition) is 1. The van der Waals surface area contributed by atoms with Gasteiger partial charge in [0, 0.05) is 23.6 Å². The monoisotopic (exact) mass is 448 g/mol. The van der Waals surface area contributed by atoms with Crippen LogP contribution in [0, 0.1) is 5.82 Å². The lowest BCUT2D eigenvalue weighted by Gasteiger charge is -2.12. The largest absolute Gasteiger partial charge is 0.350 e. The predicted octanol–water partition coefficient (Wildman–Crippen LogP) is 5.44. The predicted molar refractivity (Wildman–Crippen MR) is 126 cm³/mol. The number of nitrogens with zero attached hydrogens (tertiary/aromatic N) is 3. The van der Waals surface area contributed by atoms with Crippen molar-refractivity contribution in [2.75, 3.05) is 0 Å². The summed E-state index contributed by atoms with van der Waals surface area (Å²) >= 11 is 1.55. The molecule has 0 spiro atoms. The lowest BCUT2D eigenvalue weighted by atomic mass is 10.1. The number of nitrogens with one attached hydrogen (secondary N) is 1. The van der Waals surface area contributed by atoms with E-state index >= 15 is 0 Å². The van der Waals surface area contributed by atoms with Gasteiger partial charge in [0.2, 0.25) is 0 Å². The van der Waals surface area contributed by atoms with Crippen molar-refractivity contribution in [2.24, 2.45) is 0 Å². The lowest BCUT2D eigenvalue weighted by Crippen LogP contribution is -2.31. The van der Waals surface area contributed by atoms with Crippen LogP contribution in [0.3, 0.4) is 0 Å². The minimum Gasteiger partial charge on any atom is -0.350 e. The van der Waals surface area contributed by atoms with Gasteiger partial charge in [0.25, 0.3) is 5.91 Å². The molecule has 2 aromatic heterocycles. The van der Waals surface area contributed by atoms with Crippen LogP contribution in [0.4, 0.5) is 4.39 Å². The van der Waals surface area contributed by atoms with E-state index in [9.17, 15) is 9.18 Å². The second kappa shape index (κ2) is 9.96. The molecule has 0 radical (unpaired) electrons.